The highest BCUT2D eigenvalue weighted by Gasteiger charge is 2.20. The molecule has 1 aromatic rings. The van der Waals surface area contributed by atoms with Crippen LogP contribution in [-0.4, -0.2) is 19.7 Å². The van der Waals surface area contributed by atoms with Gasteiger partial charge in [-0.15, -0.1) is 0 Å². The highest BCUT2D eigenvalue weighted by Crippen LogP contribution is 2.33. The van der Waals surface area contributed by atoms with Crippen LogP contribution in [0.2, 0.25) is 5.02 Å². The van der Waals surface area contributed by atoms with Crippen molar-refractivity contribution in [3.8, 4) is 5.75 Å². The Morgan fingerprint density at radius 2 is 2.15 bits per heavy atom. The Hall–Kier alpha value is -0.730. The molecule has 1 aliphatic heterocycles. The summed E-state index contributed by atoms with van der Waals surface area (Å²) in [4.78, 5) is 0. The number of piperidine rings is 1. The molecule has 0 saturated carbocycles. The van der Waals surface area contributed by atoms with Gasteiger partial charge in [0.25, 0.3) is 0 Å². The standard InChI is InChI=1S/C17H26ClNO/c1-17(2,3)15-11-14(18)6-7-16(15)20-10-8-13-5-4-9-19-12-13/h6-7,11,13,19H,4-5,8-10,12H2,1-3H3/t13-/m1/s1. The second kappa shape index (κ2) is 6.82. The van der Waals surface area contributed by atoms with Crippen LogP contribution in [0, 0.1) is 5.92 Å². The minimum atomic E-state index is 0.0482. The lowest BCUT2D eigenvalue weighted by Crippen LogP contribution is -2.30. The smallest absolute Gasteiger partial charge is 0.123 e. The first kappa shape index (κ1) is 15.7. The van der Waals surface area contributed by atoms with Crippen molar-refractivity contribution in [1.29, 1.82) is 0 Å². The van der Waals surface area contributed by atoms with E-state index in [0.29, 0.717) is 0 Å². The molecule has 1 heterocycles. The Morgan fingerprint density at radius 1 is 1.35 bits per heavy atom. The topological polar surface area (TPSA) is 21.3 Å². The van der Waals surface area contributed by atoms with Gasteiger partial charge in [-0.3, -0.25) is 0 Å². The van der Waals surface area contributed by atoms with Crippen molar-refractivity contribution in [2.75, 3.05) is 19.7 Å². The van der Waals surface area contributed by atoms with Crippen LogP contribution in [0.3, 0.4) is 0 Å². The third-order valence-corrected chi connectivity index (χ3v) is 4.17. The van der Waals surface area contributed by atoms with Crippen LogP contribution in [0.25, 0.3) is 0 Å². The Bertz CT molecular complexity index is 433. The van der Waals surface area contributed by atoms with Gasteiger partial charge in [0.1, 0.15) is 5.75 Å². The quantitative estimate of drug-likeness (QED) is 0.888. The highest BCUT2D eigenvalue weighted by atomic mass is 35.5. The van der Waals surface area contributed by atoms with Crippen LogP contribution in [0.4, 0.5) is 0 Å². The lowest BCUT2D eigenvalue weighted by atomic mass is 9.86. The fourth-order valence-corrected chi connectivity index (χ4v) is 2.89. The molecule has 20 heavy (non-hydrogen) atoms. The van der Waals surface area contributed by atoms with Gasteiger partial charge in [0.15, 0.2) is 0 Å². The molecule has 2 rings (SSSR count). The first-order chi connectivity index (χ1) is 9.47. The summed E-state index contributed by atoms with van der Waals surface area (Å²) in [7, 11) is 0. The van der Waals surface area contributed by atoms with E-state index in [0.717, 1.165) is 36.3 Å². The first-order valence-electron chi connectivity index (χ1n) is 7.60. The summed E-state index contributed by atoms with van der Waals surface area (Å²) in [6, 6.07) is 5.94. The van der Waals surface area contributed by atoms with Crippen LogP contribution in [0.5, 0.6) is 5.75 Å². The average Bonchev–Trinajstić information content (AvgIpc) is 2.40. The van der Waals surface area contributed by atoms with E-state index >= 15 is 0 Å². The molecule has 0 radical (unpaired) electrons. The van der Waals surface area contributed by atoms with Crippen molar-refractivity contribution in [1.82, 2.24) is 5.32 Å². The van der Waals surface area contributed by atoms with Gasteiger partial charge >= 0.3 is 0 Å². The fourth-order valence-electron chi connectivity index (χ4n) is 2.72. The molecule has 3 heteroatoms. The molecule has 1 aromatic carbocycles. The number of nitrogens with one attached hydrogen (secondary N) is 1. The van der Waals surface area contributed by atoms with Gasteiger partial charge in [0, 0.05) is 10.6 Å². The van der Waals surface area contributed by atoms with Gasteiger partial charge in [0.05, 0.1) is 6.61 Å². The van der Waals surface area contributed by atoms with Crippen molar-refractivity contribution in [3.05, 3.63) is 28.8 Å². The number of ether oxygens (including phenoxy) is 1. The van der Waals surface area contributed by atoms with Crippen molar-refractivity contribution in [3.63, 3.8) is 0 Å². The van der Waals surface area contributed by atoms with Crippen LogP contribution >= 0.6 is 11.6 Å². The minimum absolute atomic E-state index is 0.0482. The van der Waals surface area contributed by atoms with Gasteiger partial charge in [0.2, 0.25) is 0 Å². The molecule has 0 bridgehead atoms. The molecule has 1 atom stereocenters. The summed E-state index contributed by atoms with van der Waals surface area (Å²) in [6.45, 7) is 9.67. The SMILES string of the molecule is CC(C)(C)c1cc(Cl)ccc1OCC[C@H]1CCCNC1. The van der Waals surface area contributed by atoms with E-state index in [-0.39, 0.29) is 5.41 Å². The maximum Gasteiger partial charge on any atom is 0.123 e. The van der Waals surface area contributed by atoms with Crippen molar-refractivity contribution in [2.24, 2.45) is 5.92 Å². The fraction of sp³-hybridized carbons (Fsp3) is 0.647. The predicted molar refractivity (Wildman–Crippen MR) is 85.9 cm³/mol. The number of hydrogen-bond acceptors (Lipinski definition) is 2. The predicted octanol–water partition coefficient (Wildman–Crippen LogP) is 4.41. The molecule has 1 aliphatic rings. The van der Waals surface area contributed by atoms with Gasteiger partial charge < -0.3 is 10.1 Å². The Labute approximate surface area is 127 Å². The summed E-state index contributed by atoms with van der Waals surface area (Å²) >= 11 is 6.11. The van der Waals surface area contributed by atoms with Crippen LogP contribution < -0.4 is 10.1 Å². The molecule has 1 saturated heterocycles. The zero-order valence-corrected chi connectivity index (χ0v) is 13.6. The number of benzene rings is 1. The van der Waals surface area contributed by atoms with Crippen molar-refractivity contribution < 1.29 is 4.74 Å². The van der Waals surface area contributed by atoms with E-state index in [2.05, 4.69) is 26.1 Å². The first-order valence-corrected chi connectivity index (χ1v) is 7.98. The molecule has 1 fully saturated rings. The monoisotopic (exact) mass is 295 g/mol. The molecule has 2 nitrogen and oxygen atoms in total. The summed E-state index contributed by atoms with van der Waals surface area (Å²) in [6.07, 6.45) is 3.74. The summed E-state index contributed by atoms with van der Waals surface area (Å²) in [5.74, 6) is 1.74. The Morgan fingerprint density at radius 3 is 2.80 bits per heavy atom. The normalized spacial score (nSPS) is 19.9. The third-order valence-electron chi connectivity index (χ3n) is 3.93. The second-order valence-electron chi connectivity index (χ2n) is 6.74. The molecular weight excluding hydrogens is 270 g/mol. The van der Waals surface area contributed by atoms with E-state index in [1.54, 1.807) is 0 Å². The maximum absolute atomic E-state index is 6.11. The molecule has 0 amide bonds. The maximum atomic E-state index is 6.11. The molecule has 112 valence electrons. The lowest BCUT2D eigenvalue weighted by Gasteiger charge is -2.25. The van der Waals surface area contributed by atoms with Crippen molar-refractivity contribution >= 4 is 11.6 Å². The van der Waals surface area contributed by atoms with Gasteiger partial charge in [-0.25, -0.2) is 0 Å². The molecule has 0 aromatic heterocycles. The van der Waals surface area contributed by atoms with E-state index < -0.39 is 0 Å². The van der Waals surface area contributed by atoms with Crippen LogP contribution in [0.15, 0.2) is 18.2 Å². The Balaban J connectivity index is 1.95. The van der Waals surface area contributed by atoms with Crippen molar-refractivity contribution in [2.45, 2.75) is 45.4 Å². The summed E-state index contributed by atoms with van der Waals surface area (Å²) < 4.78 is 6.03. The molecule has 0 aliphatic carbocycles. The number of hydrogen-bond donors (Lipinski definition) is 1. The zero-order chi connectivity index (χ0) is 14.6. The van der Waals surface area contributed by atoms with Gasteiger partial charge in [-0.1, -0.05) is 32.4 Å². The summed E-state index contributed by atoms with van der Waals surface area (Å²) in [5, 5.41) is 4.23. The molecular formula is C17H26ClNO. The largest absolute Gasteiger partial charge is 0.493 e. The molecule has 1 N–H and O–H groups in total. The average molecular weight is 296 g/mol. The number of halogens is 1. The second-order valence-corrected chi connectivity index (χ2v) is 7.18. The molecule has 0 unspecified atom stereocenters. The van der Waals surface area contributed by atoms with Gasteiger partial charge in [-0.2, -0.15) is 0 Å². The summed E-state index contributed by atoms with van der Waals surface area (Å²) in [5.41, 5.74) is 1.24. The Kier molecular flexibility index (Phi) is 5.34. The van der Waals surface area contributed by atoms with Gasteiger partial charge in [-0.05, 0) is 61.9 Å². The minimum Gasteiger partial charge on any atom is -0.493 e. The van der Waals surface area contributed by atoms with E-state index in [1.807, 2.05) is 18.2 Å². The third kappa shape index (κ3) is 4.39. The molecule has 0 spiro atoms. The zero-order valence-electron chi connectivity index (χ0n) is 12.8. The van der Waals surface area contributed by atoms with Crippen LogP contribution in [0.1, 0.15) is 45.6 Å². The number of rotatable bonds is 4. The van der Waals surface area contributed by atoms with E-state index in [1.165, 1.54) is 24.9 Å². The van der Waals surface area contributed by atoms with E-state index in [4.69, 9.17) is 16.3 Å². The van der Waals surface area contributed by atoms with Crippen LogP contribution in [-0.2, 0) is 5.41 Å². The highest BCUT2D eigenvalue weighted by molar-refractivity contribution is 6.30. The lowest BCUT2D eigenvalue weighted by molar-refractivity contribution is 0.250. The van der Waals surface area contributed by atoms with E-state index in [9.17, 15) is 0 Å².